The highest BCUT2D eigenvalue weighted by Gasteiger charge is 2.30. The van der Waals surface area contributed by atoms with Crippen LogP contribution in [0.2, 0.25) is 0 Å². The van der Waals surface area contributed by atoms with Gasteiger partial charge in [-0.05, 0) is 39.5 Å². The first-order valence-corrected chi connectivity index (χ1v) is 12.3. The summed E-state index contributed by atoms with van der Waals surface area (Å²) in [6.45, 7) is 5.94. The van der Waals surface area contributed by atoms with Crippen molar-refractivity contribution in [1.82, 2.24) is 30.3 Å². The van der Waals surface area contributed by atoms with Crippen LogP contribution in [0.1, 0.15) is 51.1 Å². The predicted molar refractivity (Wildman–Crippen MR) is 130 cm³/mol. The fourth-order valence-corrected chi connectivity index (χ4v) is 4.81. The van der Waals surface area contributed by atoms with Crippen LogP contribution in [-0.2, 0) is 16.5 Å². The van der Waals surface area contributed by atoms with Gasteiger partial charge in [0.05, 0.1) is 36.0 Å². The van der Waals surface area contributed by atoms with E-state index < -0.39 is 0 Å². The first kappa shape index (κ1) is 23.4. The van der Waals surface area contributed by atoms with Crippen LogP contribution in [-0.4, -0.2) is 63.0 Å². The largest absolute Gasteiger partial charge is 0.476 e. The van der Waals surface area contributed by atoms with Gasteiger partial charge in [-0.1, -0.05) is 0 Å². The summed E-state index contributed by atoms with van der Waals surface area (Å²) in [5.41, 5.74) is 2.72. The summed E-state index contributed by atoms with van der Waals surface area (Å²) >= 11 is 0. The molecule has 11 nitrogen and oxygen atoms in total. The number of carbonyl (C=O) groups is 1. The van der Waals surface area contributed by atoms with Crippen molar-refractivity contribution >= 4 is 28.5 Å². The summed E-state index contributed by atoms with van der Waals surface area (Å²) in [5.74, 6) is 1.93. The number of nitrogens with zero attached hydrogens (tertiary/aromatic N) is 4. The molecule has 3 unspecified atom stereocenters. The molecule has 3 aromatic heterocycles. The molecule has 11 heteroatoms. The summed E-state index contributed by atoms with van der Waals surface area (Å²) in [4.78, 5) is 16.3. The molecule has 1 saturated heterocycles. The van der Waals surface area contributed by atoms with E-state index in [0.717, 1.165) is 61.2 Å². The van der Waals surface area contributed by atoms with Crippen LogP contribution in [0.15, 0.2) is 18.5 Å². The van der Waals surface area contributed by atoms with Gasteiger partial charge in [0.15, 0.2) is 5.82 Å². The van der Waals surface area contributed by atoms with Crippen molar-refractivity contribution in [1.29, 1.82) is 0 Å². The van der Waals surface area contributed by atoms with Gasteiger partial charge in [-0.25, -0.2) is 4.79 Å². The topological polar surface area (TPSA) is 128 Å². The fraction of sp³-hybridized carbons (Fsp3) is 0.583. The average molecular weight is 484 g/mol. The molecule has 35 heavy (non-hydrogen) atoms. The Balaban J connectivity index is 1.24. The number of aromatic nitrogens is 5. The number of amides is 1. The maximum Gasteiger partial charge on any atom is 0.407 e. The van der Waals surface area contributed by atoms with E-state index in [9.17, 15) is 4.79 Å². The molecule has 1 amide bonds. The highest BCUT2D eigenvalue weighted by Crippen LogP contribution is 2.37. The number of alkyl carbamates (subject to hydrolysis) is 1. The van der Waals surface area contributed by atoms with E-state index >= 15 is 0 Å². The number of anilines is 2. The van der Waals surface area contributed by atoms with Gasteiger partial charge in [0.25, 0.3) is 0 Å². The van der Waals surface area contributed by atoms with E-state index in [0.29, 0.717) is 24.2 Å². The normalized spacial score (nSPS) is 22.1. The Bertz CT molecular complexity index is 1170. The van der Waals surface area contributed by atoms with Gasteiger partial charge in [-0.15, -0.1) is 5.10 Å². The highest BCUT2D eigenvalue weighted by atomic mass is 16.6. The Hall–Kier alpha value is -3.34. The van der Waals surface area contributed by atoms with Gasteiger partial charge in [0.2, 0.25) is 5.88 Å². The minimum absolute atomic E-state index is 0.0591. The Morgan fingerprint density at radius 2 is 2.20 bits per heavy atom. The highest BCUT2D eigenvalue weighted by molar-refractivity contribution is 5.94. The third-order valence-electron chi connectivity index (χ3n) is 6.56. The number of nitrogens with one attached hydrogen (secondary N) is 3. The second-order valence-corrected chi connectivity index (χ2v) is 9.72. The van der Waals surface area contributed by atoms with Crippen molar-refractivity contribution in [3.8, 4) is 5.88 Å². The third-order valence-corrected chi connectivity index (χ3v) is 6.56. The number of pyridine rings is 1. The molecule has 0 spiro atoms. The van der Waals surface area contributed by atoms with E-state index in [2.05, 4.69) is 30.9 Å². The molecule has 3 N–H and O–H groups in total. The molecule has 1 saturated carbocycles. The Morgan fingerprint density at radius 1 is 1.31 bits per heavy atom. The molecule has 3 atom stereocenters. The maximum atomic E-state index is 11.9. The lowest BCUT2D eigenvalue weighted by atomic mass is 10.0. The average Bonchev–Trinajstić information content (AvgIpc) is 3.60. The number of aryl methyl sites for hydroxylation is 1. The SMILES string of the molecule is CC(C)NC(=O)OC1CCC(c2cc(Nc3cncc4c(OCC5CCOC5)nn(C)c34)n[nH]2)C1. The lowest BCUT2D eigenvalue weighted by Crippen LogP contribution is -2.33. The number of rotatable bonds is 8. The first-order chi connectivity index (χ1) is 17.0. The molecule has 4 heterocycles. The number of hydrogen-bond acceptors (Lipinski definition) is 8. The van der Waals surface area contributed by atoms with Crippen LogP contribution < -0.4 is 15.4 Å². The molecule has 0 radical (unpaired) electrons. The summed E-state index contributed by atoms with van der Waals surface area (Å²) in [7, 11) is 1.89. The van der Waals surface area contributed by atoms with E-state index in [1.807, 2.05) is 27.0 Å². The number of aromatic amines is 1. The summed E-state index contributed by atoms with van der Waals surface area (Å²) in [6.07, 6.45) is 6.67. The molecule has 5 rings (SSSR count). The van der Waals surface area contributed by atoms with Gasteiger partial charge in [0, 0.05) is 49.5 Å². The van der Waals surface area contributed by atoms with Crippen molar-refractivity contribution in [3.63, 3.8) is 0 Å². The molecule has 188 valence electrons. The van der Waals surface area contributed by atoms with E-state index in [-0.39, 0.29) is 24.2 Å². The fourth-order valence-electron chi connectivity index (χ4n) is 4.81. The third kappa shape index (κ3) is 5.34. The van der Waals surface area contributed by atoms with Crippen LogP contribution >= 0.6 is 0 Å². The van der Waals surface area contributed by atoms with Crippen molar-refractivity contribution < 1.29 is 19.0 Å². The molecule has 0 aromatic carbocycles. The van der Waals surface area contributed by atoms with Crippen LogP contribution in [0.4, 0.5) is 16.3 Å². The number of ether oxygens (including phenoxy) is 3. The minimum Gasteiger partial charge on any atom is -0.476 e. The molecule has 3 aromatic rings. The zero-order valence-electron chi connectivity index (χ0n) is 20.4. The number of hydrogen-bond donors (Lipinski definition) is 3. The number of H-pyrrole nitrogens is 1. The maximum absolute atomic E-state index is 11.9. The van der Waals surface area contributed by atoms with Crippen molar-refractivity contribution in [2.75, 3.05) is 25.1 Å². The van der Waals surface area contributed by atoms with Gasteiger partial charge >= 0.3 is 6.09 Å². The second kappa shape index (κ2) is 10.1. The smallest absolute Gasteiger partial charge is 0.407 e. The van der Waals surface area contributed by atoms with Crippen LogP contribution in [0, 0.1) is 5.92 Å². The summed E-state index contributed by atoms with van der Waals surface area (Å²) < 4.78 is 18.8. The van der Waals surface area contributed by atoms with Gasteiger partial charge in [-0.2, -0.15) is 5.10 Å². The minimum atomic E-state index is -0.352. The van der Waals surface area contributed by atoms with Gasteiger partial charge in [-0.3, -0.25) is 14.8 Å². The van der Waals surface area contributed by atoms with E-state index in [1.165, 1.54) is 0 Å². The predicted octanol–water partition coefficient (Wildman–Crippen LogP) is 3.62. The molecular formula is C24H33N7O4. The van der Waals surface area contributed by atoms with Crippen molar-refractivity contribution in [3.05, 3.63) is 24.2 Å². The van der Waals surface area contributed by atoms with Crippen LogP contribution in [0.5, 0.6) is 5.88 Å². The summed E-state index contributed by atoms with van der Waals surface area (Å²) in [6, 6.07) is 2.07. The molecule has 0 bridgehead atoms. The van der Waals surface area contributed by atoms with Crippen LogP contribution in [0.3, 0.4) is 0 Å². The van der Waals surface area contributed by atoms with Crippen molar-refractivity contribution in [2.45, 2.75) is 57.6 Å². The Morgan fingerprint density at radius 3 is 3.00 bits per heavy atom. The molecular weight excluding hydrogens is 450 g/mol. The van der Waals surface area contributed by atoms with E-state index in [1.54, 1.807) is 17.1 Å². The zero-order chi connectivity index (χ0) is 24.4. The number of fused-ring (bicyclic) bond motifs is 1. The monoisotopic (exact) mass is 483 g/mol. The molecule has 1 aliphatic heterocycles. The van der Waals surface area contributed by atoms with Crippen LogP contribution in [0.25, 0.3) is 10.9 Å². The second-order valence-electron chi connectivity index (χ2n) is 9.72. The lowest BCUT2D eigenvalue weighted by Gasteiger charge is -2.14. The summed E-state index contributed by atoms with van der Waals surface area (Å²) in [5, 5.41) is 19.2. The lowest BCUT2D eigenvalue weighted by molar-refractivity contribution is 0.0981. The zero-order valence-corrected chi connectivity index (χ0v) is 20.4. The Kier molecular flexibility index (Phi) is 6.76. The molecule has 1 aliphatic carbocycles. The van der Waals surface area contributed by atoms with Gasteiger partial charge in [0.1, 0.15) is 6.10 Å². The molecule has 2 fully saturated rings. The van der Waals surface area contributed by atoms with E-state index in [4.69, 9.17) is 14.2 Å². The molecule has 2 aliphatic rings. The van der Waals surface area contributed by atoms with Crippen molar-refractivity contribution in [2.24, 2.45) is 13.0 Å². The first-order valence-electron chi connectivity index (χ1n) is 12.3. The number of carbonyl (C=O) groups excluding carboxylic acids is 1. The quantitative estimate of drug-likeness (QED) is 0.443. The van der Waals surface area contributed by atoms with Gasteiger partial charge < -0.3 is 24.8 Å². The standard InChI is InChI=1S/C24H33N7O4/c1-14(2)26-24(32)35-17-5-4-16(8-17)19-9-21(29-28-19)27-20-11-25-10-18-22(20)31(3)30-23(18)34-13-15-6-7-33-12-15/h9-11,14-17H,4-8,12-13H2,1-3H3,(H,26,32)(H2,27,28,29). The Labute approximate surface area is 203 Å².